The summed E-state index contributed by atoms with van der Waals surface area (Å²) in [5.41, 5.74) is 15.0. The Bertz CT molecular complexity index is 571. The zero-order valence-electron chi connectivity index (χ0n) is 9.45. The number of rotatable bonds is 3. The van der Waals surface area contributed by atoms with Gasteiger partial charge in [-0.3, -0.25) is 9.99 Å². The van der Waals surface area contributed by atoms with Gasteiger partial charge in [-0.2, -0.15) is 5.10 Å². The predicted molar refractivity (Wildman–Crippen MR) is 75.5 cm³/mol. The van der Waals surface area contributed by atoms with Gasteiger partial charge in [0.05, 0.1) is 6.21 Å². The molecule has 0 fully saturated rings. The number of nitrogens with one attached hydrogen (secondary N) is 1. The van der Waals surface area contributed by atoms with Gasteiger partial charge in [-0.25, -0.2) is 4.98 Å². The topological polar surface area (TPSA) is 94.2 Å². The van der Waals surface area contributed by atoms with E-state index in [9.17, 15) is 0 Å². The Labute approximate surface area is 109 Å². The summed E-state index contributed by atoms with van der Waals surface area (Å²) in [6, 6.07) is 7.44. The fourth-order valence-electron chi connectivity index (χ4n) is 1.42. The number of nitrogens with two attached hydrogens (primary N) is 2. The van der Waals surface area contributed by atoms with Crippen LogP contribution in [0, 0.1) is 0 Å². The molecule has 0 spiro atoms. The molecule has 92 valence electrons. The third kappa shape index (κ3) is 2.83. The molecule has 0 saturated heterocycles. The Balaban J connectivity index is 2.24. The summed E-state index contributed by atoms with van der Waals surface area (Å²) < 4.78 is 1.87. The SMILES string of the molecule is NC(=S)NN=Cc1nccn1-c1ccc(N)cc1. The molecule has 0 aliphatic heterocycles. The van der Waals surface area contributed by atoms with Gasteiger partial charge < -0.3 is 11.5 Å². The van der Waals surface area contributed by atoms with Gasteiger partial charge in [0.25, 0.3) is 0 Å². The van der Waals surface area contributed by atoms with Crippen molar-refractivity contribution in [3.63, 3.8) is 0 Å². The molecule has 0 bridgehead atoms. The second kappa shape index (κ2) is 5.28. The minimum absolute atomic E-state index is 0.108. The number of aromatic nitrogens is 2. The Morgan fingerprint density at radius 2 is 2.11 bits per heavy atom. The summed E-state index contributed by atoms with van der Waals surface area (Å²) in [4.78, 5) is 4.17. The van der Waals surface area contributed by atoms with Gasteiger partial charge in [-0.1, -0.05) is 0 Å². The van der Waals surface area contributed by atoms with E-state index in [1.54, 1.807) is 6.20 Å². The van der Waals surface area contributed by atoms with Crippen molar-refractivity contribution in [3.05, 3.63) is 42.5 Å². The Hall–Kier alpha value is -2.41. The van der Waals surface area contributed by atoms with Crippen molar-refractivity contribution in [2.24, 2.45) is 10.8 Å². The molecule has 2 rings (SSSR count). The van der Waals surface area contributed by atoms with E-state index in [4.69, 9.17) is 11.5 Å². The number of hydrazone groups is 1. The van der Waals surface area contributed by atoms with Crippen molar-refractivity contribution in [1.82, 2.24) is 15.0 Å². The molecule has 0 unspecified atom stereocenters. The zero-order valence-corrected chi connectivity index (χ0v) is 10.3. The van der Waals surface area contributed by atoms with Crippen LogP contribution in [0.15, 0.2) is 41.8 Å². The molecule has 0 aliphatic rings. The van der Waals surface area contributed by atoms with Gasteiger partial charge in [-0.05, 0) is 36.5 Å². The Kier molecular flexibility index (Phi) is 3.54. The average Bonchev–Trinajstić information content (AvgIpc) is 2.78. The molecule has 0 radical (unpaired) electrons. The van der Waals surface area contributed by atoms with Gasteiger partial charge >= 0.3 is 0 Å². The maximum Gasteiger partial charge on any atom is 0.184 e. The summed E-state index contributed by atoms with van der Waals surface area (Å²) in [6.07, 6.45) is 5.04. The number of hydrogen-bond acceptors (Lipinski definition) is 4. The smallest absolute Gasteiger partial charge is 0.184 e. The predicted octanol–water partition coefficient (Wildman–Crippen LogP) is 0.622. The third-order valence-electron chi connectivity index (χ3n) is 2.20. The minimum Gasteiger partial charge on any atom is -0.399 e. The lowest BCUT2D eigenvalue weighted by Crippen LogP contribution is -2.24. The van der Waals surface area contributed by atoms with Crippen molar-refractivity contribution in [2.45, 2.75) is 0 Å². The average molecular weight is 260 g/mol. The van der Waals surface area contributed by atoms with Gasteiger partial charge in [0.1, 0.15) is 0 Å². The van der Waals surface area contributed by atoms with E-state index in [-0.39, 0.29) is 5.11 Å². The van der Waals surface area contributed by atoms with Crippen LogP contribution in [0.25, 0.3) is 5.69 Å². The molecule has 18 heavy (non-hydrogen) atoms. The molecular weight excluding hydrogens is 248 g/mol. The Morgan fingerprint density at radius 3 is 2.78 bits per heavy atom. The summed E-state index contributed by atoms with van der Waals surface area (Å²) in [7, 11) is 0. The van der Waals surface area contributed by atoms with E-state index in [2.05, 4.69) is 27.7 Å². The summed E-state index contributed by atoms with van der Waals surface area (Å²) in [5, 5.41) is 3.98. The second-order valence-corrected chi connectivity index (χ2v) is 3.92. The highest BCUT2D eigenvalue weighted by molar-refractivity contribution is 7.80. The molecule has 0 aliphatic carbocycles. The van der Waals surface area contributed by atoms with E-state index in [0.29, 0.717) is 11.5 Å². The molecule has 1 aromatic heterocycles. The normalized spacial score (nSPS) is 10.7. The highest BCUT2D eigenvalue weighted by Crippen LogP contribution is 2.12. The quantitative estimate of drug-likeness (QED) is 0.325. The number of nitrogens with zero attached hydrogens (tertiary/aromatic N) is 3. The number of anilines is 1. The first-order valence-corrected chi connectivity index (χ1v) is 5.55. The molecule has 5 N–H and O–H groups in total. The summed E-state index contributed by atoms with van der Waals surface area (Å²) in [6.45, 7) is 0. The highest BCUT2D eigenvalue weighted by atomic mass is 32.1. The molecule has 1 heterocycles. The molecule has 7 heteroatoms. The van der Waals surface area contributed by atoms with Crippen LogP contribution in [0.4, 0.5) is 5.69 Å². The summed E-state index contributed by atoms with van der Waals surface area (Å²) in [5.74, 6) is 0.656. The van der Waals surface area contributed by atoms with E-state index in [0.717, 1.165) is 5.69 Å². The van der Waals surface area contributed by atoms with Crippen molar-refractivity contribution in [3.8, 4) is 5.69 Å². The number of hydrogen-bond donors (Lipinski definition) is 3. The lowest BCUT2D eigenvalue weighted by atomic mass is 10.3. The monoisotopic (exact) mass is 260 g/mol. The first-order chi connectivity index (χ1) is 8.66. The second-order valence-electron chi connectivity index (χ2n) is 3.48. The van der Waals surface area contributed by atoms with Crippen LogP contribution in [0.1, 0.15) is 5.82 Å². The Morgan fingerprint density at radius 1 is 1.39 bits per heavy atom. The lowest BCUT2D eigenvalue weighted by Gasteiger charge is -2.05. The van der Waals surface area contributed by atoms with E-state index in [1.165, 1.54) is 6.21 Å². The maximum atomic E-state index is 5.64. The van der Waals surface area contributed by atoms with Crippen LogP contribution in [0.3, 0.4) is 0 Å². The van der Waals surface area contributed by atoms with Crippen LogP contribution in [0.2, 0.25) is 0 Å². The zero-order chi connectivity index (χ0) is 13.0. The van der Waals surface area contributed by atoms with Crippen molar-refractivity contribution >= 4 is 29.2 Å². The molecule has 0 amide bonds. The number of imidazole rings is 1. The first-order valence-electron chi connectivity index (χ1n) is 5.14. The minimum atomic E-state index is 0.108. The van der Waals surface area contributed by atoms with E-state index >= 15 is 0 Å². The fraction of sp³-hybridized carbons (Fsp3) is 0. The molecule has 2 aromatic rings. The van der Waals surface area contributed by atoms with E-state index in [1.807, 2.05) is 35.0 Å². The first kappa shape index (κ1) is 12.1. The fourth-order valence-corrected chi connectivity index (χ4v) is 1.47. The maximum absolute atomic E-state index is 5.64. The molecular formula is C11H12N6S. The van der Waals surface area contributed by atoms with Crippen molar-refractivity contribution < 1.29 is 0 Å². The van der Waals surface area contributed by atoms with Crippen LogP contribution in [0.5, 0.6) is 0 Å². The number of thiocarbonyl (C=S) groups is 1. The van der Waals surface area contributed by atoms with Crippen LogP contribution >= 0.6 is 12.2 Å². The van der Waals surface area contributed by atoms with Gasteiger partial charge in [-0.15, -0.1) is 0 Å². The van der Waals surface area contributed by atoms with E-state index < -0.39 is 0 Å². The molecule has 1 aromatic carbocycles. The van der Waals surface area contributed by atoms with Gasteiger partial charge in [0.2, 0.25) is 0 Å². The largest absolute Gasteiger partial charge is 0.399 e. The lowest BCUT2D eigenvalue weighted by molar-refractivity contribution is 1.01. The van der Waals surface area contributed by atoms with Crippen LogP contribution < -0.4 is 16.9 Å². The molecule has 6 nitrogen and oxygen atoms in total. The van der Waals surface area contributed by atoms with Crippen LogP contribution in [-0.4, -0.2) is 20.9 Å². The highest BCUT2D eigenvalue weighted by Gasteiger charge is 2.02. The van der Waals surface area contributed by atoms with Gasteiger partial charge in [0.15, 0.2) is 10.9 Å². The summed E-state index contributed by atoms with van der Waals surface area (Å²) >= 11 is 4.64. The molecule has 0 atom stereocenters. The van der Waals surface area contributed by atoms with Gasteiger partial charge in [0, 0.05) is 23.8 Å². The van der Waals surface area contributed by atoms with Crippen LogP contribution in [-0.2, 0) is 0 Å². The molecule has 0 saturated carbocycles. The number of nitrogen functional groups attached to an aromatic ring is 1. The van der Waals surface area contributed by atoms with Crippen molar-refractivity contribution in [2.75, 3.05) is 5.73 Å². The van der Waals surface area contributed by atoms with Crippen molar-refractivity contribution in [1.29, 1.82) is 0 Å². The number of benzene rings is 1. The standard InChI is InChI=1S/C11H12N6S/c12-8-1-3-9(4-2-8)17-6-5-14-10(17)7-15-16-11(13)18/h1-7H,12H2,(H3,13,16,18). The third-order valence-corrected chi connectivity index (χ3v) is 2.29.